The molecule has 1 heterocycles. The summed E-state index contributed by atoms with van der Waals surface area (Å²) in [5, 5.41) is 14.3. The van der Waals surface area contributed by atoms with Crippen molar-refractivity contribution >= 4 is 31.6 Å². The van der Waals surface area contributed by atoms with Crippen molar-refractivity contribution in [3.05, 3.63) is 32.3 Å². The highest BCUT2D eigenvalue weighted by molar-refractivity contribution is 9.10. The molecule has 1 saturated heterocycles. The van der Waals surface area contributed by atoms with Gasteiger partial charge in [0.1, 0.15) is 0 Å². The van der Waals surface area contributed by atoms with E-state index in [1.165, 1.54) is 10.4 Å². The van der Waals surface area contributed by atoms with Crippen LogP contribution in [0.2, 0.25) is 0 Å². The van der Waals surface area contributed by atoms with Crippen LogP contribution in [0.1, 0.15) is 19.4 Å². The maximum atomic E-state index is 12.8. The molecule has 22 heavy (non-hydrogen) atoms. The molecule has 2 atom stereocenters. The highest BCUT2D eigenvalue weighted by Gasteiger charge is 2.35. The summed E-state index contributed by atoms with van der Waals surface area (Å²) >= 11 is 3.21. The quantitative estimate of drug-likeness (QED) is 0.628. The summed E-state index contributed by atoms with van der Waals surface area (Å²) in [6.45, 7) is 6.22. The van der Waals surface area contributed by atoms with Crippen molar-refractivity contribution in [2.75, 3.05) is 13.1 Å². The van der Waals surface area contributed by atoms with E-state index in [9.17, 15) is 18.5 Å². The van der Waals surface area contributed by atoms with Crippen molar-refractivity contribution < 1.29 is 13.3 Å². The molecule has 122 valence electrons. The van der Waals surface area contributed by atoms with E-state index in [0.29, 0.717) is 23.1 Å². The zero-order valence-electron chi connectivity index (χ0n) is 12.5. The molecule has 0 radical (unpaired) electrons. The minimum absolute atomic E-state index is 0.0207. The molecule has 2 unspecified atom stereocenters. The molecule has 0 amide bonds. The van der Waals surface area contributed by atoms with Gasteiger partial charge in [-0.15, -0.1) is 0 Å². The minimum atomic E-state index is -3.78. The first kappa shape index (κ1) is 17.3. The van der Waals surface area contributed by atoms with Gasteiger partial charge < -0.3 is 5.32 Å². The molecular formula is C13H18BrN3O4S. The lowest BCUT2D eigenvalue weighted by Crippen LogP contribution is -2.57. The van der Waals surface area contributed by atoms with Gasteiger partial charge in [-0.25, -0.2) is 8.42 Å². The summed E-state index contributed by atoms with van der Waals surface area (Å²) in [6, 6.07) is 2.36. The van der Waals surface area contributed by atoms with Gasteiger partial charge in [0.15, 0.2) is 0 Å². The molecule has 9 heteroatoms. The maximum Gasteiger partial charge on any atom is 0.274 e. The first-order valence-electron chi connectivity index (χ1n) is 6.86. The van der Waals surface area contributed by atoms with Crippen LogP contribution >= 0.6 is 15.9 Å². The molecule has 0 aromatic heterocycles. The normalized spacial score (nSPS) is 23.5. The number of hydrogen-bond acceptors (Lipinski definition) is 5. The van der Waals surface area contributed by atoms with E-state index in [1.807, 2.05) is 13.8 Å². The SMILES string of the molecule is Cc1c(Br)cc(S(=O)(=O)N2CCNC(C)C2C)cc1[N+](=O)[O-]. The molecule has 0 spiro atoms. The summed E-state index contributed by atoms with van der Waals surface area (Å²) in [6.07, 6.45) is 0. The summed E-state index contributed by atoms with van der Waals surface area (Å²) in [5.41, 5.74) is 0.203. The van der Waals surface area contributed by atoms with Gasteiger partial charge in [-0.3, -0.25) is 10.1 Å². The molecule has 1 N–H and O–H groups in total. The van der Waals surface area contributed by atoms with Crippen LogP contribution in [-0.2, 0) is 10.0 Å². The summed E-state index contributed by atoms with van der Waals surface area (Å²) in [5.74, 6) is 0. The number of nitrogens with one attached hydrogen (secondary N) is 1. The number of nitrogens with zero attached hydrogens (tertiary/aromatic N) is 2. The Balaban J connectivity index is 2.52. The Kier molecular flexibility index (Phi) is 4.90. The predicted molar refractivity (Wildman–Crippen MR) is 86.4 cm³/mol. The Morgan fingerprint density at radius 3 is 2.64 bits per heavy atom. The predicted octanol–water partition coefficient (Wildman–Crippen LogP) is 2.04. The van der Waals surface area contributed by atoms with Crippen LogP contribution in [-0.4, -0.2) is 42.8 Å². The first-order valence-corrected chi connectivity index (χ1v) is 9.09. The van der Waals surface area contributed by atoms with E-state index in [2.05, 4.69) is 21.2 Å². The molecular weight excluding hydrogens is 374 g/mol. The number of halogens is 1. The zero-order chi connectivity index (χ0) is 16.7. The lowest BCUT2D eigenvalue weighted by atomic mass is 10.1. The number of nitro groups is 1. The van der Waals surface area contributed by atoms with Crippen LogP contribution < -0.4 is 5.32 Å². The molecule has 1 aromatic carbocycles. The molecule has 2 rings (SSSR count). The Morgan fingerprint density at radius 1 is 1.41 bits per heavy atom. The molecule has 1 aromatic rings. The van der Waals surface area contributed by atoms with Crippen LogP contribution in [0.15, 0.2) is 21.5 Å². The van der Waals surface area contributed by atoms with Crippen LogP contribution in [0.4, 0.5) is 5.69 Å². The van der Waals surface area contributed by atoms with Crippen LogP contribution in [0, 0.1) is 17.0 Å². The molecule has 1 aliphatic heterocycles. The minimum Gasteiger partial charge on any atom is -0.311 e. The standard InChI is InChI=1S/C13H18BrN3O4S/c1-8-12(14)6-11(7-13(8)17(18)19)22(20,21)16-5-4-15-9(2)10(16)3/h6-7,9-10,15H,4-5H2,1-3H3. The highest BCUT2D eigenvalue weighted by Crippen LogP contribution is 2.32. The van der Waals surface area contributed by atoms with Gasteiger partial charge in [-0.05, 0) is 26.8 Å². The van der Waals surface area contributed by atoms with Crippen molar-refractivity contribution in [2.45, 2.75) is 37.8 Å². The van der Waals surface area contributed by atoms with Crippen molar-refractivity contribution in [3.8, 4) is 0 Å². The average Bonchev–Trinajstić information content (AvgIpc) is 2.43. The third-order valence-corrected chi connectivity index (χ3v) is 6.86. The second-order valence-electron chi connectivity index (χ2n) is 5.41. The van der Waals surface area contributed by atoms with E-state index < -0.39 is 14.9 Å². The molecule has 1 aliphatic rings. The molecule has 0 bridgehead atoms. The Hall–Kier alpha value is -1.03. The number of benzene rings is 1. The fourth-order valence-corrected chi connectivity index (χ4v) is 4.83. The second kappa shape index (κ2) is 6.23. The third kappa shape index (κ3) is 3.03. The highest BCUT2D eigenvalue weighted by atomic mass is 79.9. The lowest BCUT2D eigenvalue weighted by molar-refractivity contribution is -0.385. The van der Waals surface area contributed by atoms with Gasteiger partial charge in [0.2, 0.25) is 10.0 Å². The van der Waals surface area contributed by atoms with Gasteiger partial charge in [0, 0.05) is 41.3 Å². The number of sulfonamides is 1. The van der Waals surface area contributed by atoms with Gasteiger partial charge >= 0.3 is 0 Å². The lowest BCUT2D eigenvalue weighted by Gasteiger charge is -2.37. The Morgan fingerprint density at radius 2 is 2.05 bits per heavy atom. The molecule has 0 aliphatic carbocycles. The van der Waals surface area contributed by atoms with E-state index in [-0.39, 0.29) is 22.7 Å². The smallest absolute Gasteiger partial charge is 0.274 e. The molecule has 7 nitrogen and oxygen atoms in total. The summed E-state index contributed by atoms with van der Waals surface area (Å²) in [7, 11) is -3.78. The summed E-state index contributed by atoms with van der Waals surface area (Å²) in [4.78, 5) is 10.5. The van der Waals surface area contributed by atoms with Crippen molar-refractivity contribution in [2.24, 2.45) is 0 Å². The van der Waals surface area contributed by atoms with E-state index in [1.54, 1.807) is 6.92 Å². The van der Waals surface area contributed by atoms with Crippen LogP contribution in [0.5, 0.6) is 0 Å². The second-order valence-corrected chi connectivity index (χ2v) is 8.15. The summed E-state index contributed by atoms with van der Waals surface area (Å²) < 4.78 is 27.5. The molecule has 1 fully saturated rings. The largest absolute Gasteiger partial charge is 0.311 e. The van der Waals surface area contributed by atoms with E-state index in [4.69, 9.17) is 0 Å². The Labute approximate surface area is 138 Å². The van der Waals surface area contributed by atoms with Crippen LogP contribution in [0.25, 0.3) is 0 Å². The van der Waals surface area contributed by atoms with Gasteiger partial charge in [0.25, 0.3) is 5.69 Å². The fourth-order valence-electron chi connectivity index (χ4n) is 2.48. The van der Waals surface area contributed by atoms with Gasteiger partial charge in [-0.1, -0.05) is 15.9 Å². The number of nitro benzene ring substituents is 1. The van der Waals surface area contributed by atoms with Gasteiger partial charge in [0.05, 0.1) is 9.82 Å². The first-order chi connectivity index (χ1) is 10.2. The van der Waals surface area contributed by atoms with Crippen molar-refractivity contribution in [1.82, 2.24) is 9.62 Å². The van der Waals surface area contributed by atoms with E-state index in [0.717, 1.165) is 6.07 Å². The van der Waals surface area contributed by atoms with Crippen LogP contribution in [0.3, 0.4) is 0 Å². The fraction of sp³-hybridized carbons (Fsp3) is 0.538. The average molecular weight is 392 g/mol. The van der Waals surface area contributed by atoms with Gasteiger partial charge in [-0.2, -0.15) is 4.31 Å². The zero-order valence-corrected chi connectivity index (χ0v) is 14.9. The number of hydrogen-bond donors (Lipinski definition) is 1. The molecule has 0 saturated carbocycles. The van der Waals surface area contributed by atoms with E-state index >= 15 is 0 Å². The third-order valence-electron chi connectivity index (χ3n) is 4.07. The monoisotopic (exact) mass is 391 g/mol. The maximum absolute atomic E-state index is 12.8. The van der Waals surface area contributed by atoms with Crippen molar-refractivity contribution in [3.63, 3.8) is 0 Å². The number of rotatable bonds is 3. The number of piperazine rings is 1. The Bertz CT molecular complexity index is 707. The van der Waals surface area contributed by atoms with Crippen molar-refractivity contribution in [1.29, 1.82) is 0 Å². The topological polar surface area (TPSA) is 92.6 Å².